The molecule has 5 aromatic rings. The summed E-state index contributed by atoms with van der Waals surface area (Å²) < 4.78 is 5.58. The highest BCUT2D eigenvalue weighted by molar-refractivity contribution is 6.07. The van der Waals surface area contributed by atoms with E-state index in [0.29, 0.717) is 25.2 Å². The predicted molar refractivity (Wildman–Crippen MR) is 141 cm³/mol. The number of furan rings is 1. The first-order valence-electron chi connectivity index (χ1n) is 12.1. The van der Waals surface area contributed by atoms with Crippen molar-refractivity contribution < 1.29 is 9.21 Å². The van der Waals surface area contributed by atoms with E-state index >= 15 is 0 Å². The molecule has 0 bridgehead atoms. The third-order valence-electron chi connectivity index (χ3n) is 6.15. The molecule has 0 aliphatic rings. The quantitative estimate of drug-likeness (QED) is 0.294. The van der Waals surface area contributed by atoms with Crippen LogP contribution in [0.4, 0.5) is 0 Å². The maximum absolute atomic E-state index is 13.3. The van der Waals surface area contributed by atoms with E-state index in [1.807, 2.05) is 60.7 Å². The number of hydrogen-bond acceptors (Lipinski definition) is 5. The Hall–Kier alpha value is -4.29. The molecule has 6 heteroatoms. The second-order valence-corrected chi connectivity index (χ2v) is 8.66. The largest absolute Gasteiger partial charge is 0.468 e. The van der Waals surface area contributed by atoms with Gasteiger partial charge in [-0.2, -0.15) is 0 Å². The van der Waals surface area contributed by atoms with E-state index in [4.69, 9.17) is 9.40 Å². The first kappa shape index (κ1) is 23.5. The molecule has 0 spiro atoms. The number of amides is 1. The zero-order chi connectivity index (χ0) is 24.6. The number of carbonyl (C=O) groups is 1. The number of benzene rings is 2. The third kappa shape index (κ3) is 5.85. The van der Waals surface area contributed by atoms with Gasteiger partial charge in [-0.25, -0.2) is 4.98 Å². The molecule has 1 amide bonds. The highest BCUT2D eigenvalue weighted by Crippen LogP contribution is 2.24. The summed E-state index contributed by atoms with van der Waals surface area (Å²) in [6, 6.07) is 27.7. The van der Waals surface area contributed by atoms with Gasteiger partial charge in [0, 0.05) is 43.0 Å². The summed E-state index contributed by atoms with van der Waals surface area (Å²) in [6.45, 7) is 2.79. The van der Waals surface area contributed by atoms with Gasteiger partial charge in [-0.15, -0.1) is 0 Å². The Morgan fingerprint density at radius 1 is 0.917 bits per heavy atom. The number of hydrogen-bond donors (Lipinski definition) is 1. The first-order chi connectivity index (χ1) is 17.8. The van der Waals surface area contributed by atoms with Crippen LogP contribution in [-0.4, -0.2) is 40.4 Å². The molecule has 0 aliphatic heterocycles. The molecule has 0 aliphatic carbocycles. The van der Waals surface area contributed by atoms with Gasteiger partial charge in [-0.05, 0) is 48.4 Å². The zero-order valence-corrected chi connectivity index (χ0v) is 20.0. The average molecular weight is 477 g/mol. The van der Waals surface area contributed by atoms with Crippen molar-refractivity contribution in [1.29, 1.82) is 0 Å². The molecular formula is C30H28N4O2. The molecule has 6 nitrogen and oxygen atoms in total. The maximum Gasteiger partial charge on any atom is 0.252 e. The summed E-state index contributed by atoms with van der Waals surface area (Å²) in [5.41, 5.74) is 4.29. The predicted octanol–water partition coefficient (Wildman–Crippen LogP) is 5.36. The van der Waals surface area contributed by atoms with Crippen LogP contribution in [0.15, 0.2) is 108 Å². The summed E-state index contributed by atoms with van der Waals surface area (Å²) in [5, 5.41) is 3.96. The summed E-state index contributed by atoms with van der Waals surface area (Å²) in [4.78, 5) is 24.6. The van der Waals surface area contributed by atoms with Gasteiger partial charge in [-0.3, -0.25) is 14.7 Å². The molecule has 5 rings (SSSR count). The van der Waals surface area contributed by atoms with Crippen LogP contribution in [0.1, 0.15) is 21.7 Å². The van der Waals surface area contributed by atoms with Gasteiger partial charge in [0.2, 0.25) is 0 Å². The molecule has 0 saturated carbocycles. The molecule has 3 aromatic heterocycles. The van der Waals surface area contributed by atoms with E-state index in [1.165, 1.54) is 5.56 Å². The number of rotatable bonds is 10. The average Bonchev–Trinajstić information content (AvgIpc) is 3.45. The van der Waals surface area contributed by atoms with Crippen LogP contribution in [0.25, 0.3) is 22.2 Å². The van der Waals surface area contributed by atoms with Crippen LogP contribution in [0.3, 0.4) is 0 Å². The number of fused-ring (bicyclic) bond motifs is 1. The van der Waals surface area contributed by atoms with Gasteiger partial charge in [-0.1, -0.05) is 48.5 Å². The Labute approximate surface area is 210 Å². The zero-order valence-electron chi connectivity index (χ0n) is 20.0. The monoisotopic (exact) mass is 476 g/mol. The van der Waals surface area contributed by atoms with Gasteiger partial charge in [0.05, 0.1) is 29.6 Å². The molecule has 3 heterocycles. The fraction of sp³-hybridized carbons (Fsp3) is 0.167. The molecule has 1 N–H and O–H groups in total. The Morgan fingerprint density at radius 2 is 1.78 bits per heavy atom. The van der Waals surface area contributed by atoms with Crippen molar-refractivity contribution in [2.45, 2.75) is 13.0 Å². The molecular weight excluding hydrogens is 448 g/mol. The van der Waals surface area contributed by atoms with Gasteiger partial charge >= 0.3 is 0 Å². The Balaban J connectivity index is 1.29. The lowest BCUT2D eigenvalue weighted by Crippen LogP contribution is -2.35. The molecule has 180 valence electrons. The van der Waals surface area contributed by atoms with Crippen molar-refractivity contribution >= 4 is 16.8 Å². The maximum atomic E-state index is 13.3. The number of nitrogens with zero attached hydrogens (tertiary/aromatic N) is 3. The Morgan fingerprint density at radius 3 is 2.58 bits per heavy atom. The summed E-state index contributed by atoms with van der Waals surface area (Å²) in [6.07, 6.45) is 6.11. The Bertz CT molecular complexity index is 1400. The van der Waals surface area contributed by atoms with Gasteiger partial charge in [0.15, 0.2) is 0 Å². The standard InChI is InChI=1S/C30H28N4O2/c35-30(27-20-29(24-10-6-15-31-21-24)33-28-13-5-4-12-26(27)28)32-16-18-34(22-25-11-7-19-36-25)17-14-23-8-2-1-3-9-23/h1-13,15,19-21H,14,16-18,22H2,(H,32,35). The Kier molecular flexibility index (Phi) is 7.44. The second kappa shape index (κ2) is 11.4. The van der Waals surface area contributed by atoms with E-state index in [0.717, 1.165) is 40.9 Å². The van der Waals surface area contributed by atoms with E-state index in [2.05, 4.69) is 39.5 Å². The van der Waals surface area contributed by atoms with Crippen LogP contribution >= 0.6 is 0 Å². The number of aromatic nitrogens is 2. The molecule has 0 radical (unpaired) electrons. The highest BCUT2D eigenvalue weighted by Gasteiger charge is 2.15. The fourth-order valence-corrected chi connectivity index (χ4v) is 4.27. The molecule has 0 saturated heterocycles. The van der Waals surface area contributed by atoms with Crippen molar-refractivity contribution in [2.24, 2.45) is 0 Å². The summed E-state index contributed by atoms with van der Waals surface area (Å²) in [5.74, 6) is 0.801. The molecule has 0 fully saturated rings. The molecule has 2 aromatic carbocycles. The highest BCUT2D eigenvalue weighted by atomic mass is 16.3. The van der Waals surface area contributed by atoms with E-state index in [9.17, 15) is 4.79 Å². The summed E-state index contributed by atoms with van der Waals surface area (Å²) >= 11 is 0. The lowest BCUT2D eigenvalue weighted by Gasteiger charge is -2.21. The van der Waals surface area contributed by atoms with Crippen molar-refractivity contribution in [2.75, 3.05) is 19.6 Å². The first-order valence-corrected chi connectivity index (χ1v) is 12.1. The lowest BCUT2D eigenvalue weighted by atomic mass is 10.0. The number of carbonyl (C=O) groups excluding carboxylic acids is 1. The van der Waals surface area contributed by atoms with Crippen LogP contribution < -0.4 is 5.32 Å². The van der Waals surface area contributed by atoms with Crippen LogP contribution in [0.2, 0.25) is 0 Å². The smallest absolute Gasteiger partial charge is 0.252 e. The topological polar surface area (TPSA) is 71.3 Å². The minimum Gasteiger partial charge on any atom is -0.468 e. The van der Waals surface area contributed by atoms with Crippen molar-refractivity contribution in [3.05, 3.63) is 120 Å². The van der Waals surface area contributed by atoms with Crippen molar-refractivity contribution in [1.82, 2.24) is 20.2 Å². The van der Waals surface area contributed by atoms with Crippen molar-refractivity contribution in [3.8, 4) is 11.3 Å². The molecule has 0 atom stereocenters. The van der Waals surface area contributed by atoms with E-state index < -0.39 is 0 Å². The molecule has 36 heavy (non-hydrogen) atoms. The number of nitrogens with one attached hydrogen (secondary N) is 1. The minimum absolute atomic E-state index is 0.111. The molecule has 0 unspecified atom stereocenters. The third-order valence-corrected chi connectivity index (χ3v) is 6.15. The van der Waals surface area contributed by atoms with E-state index in [1.54, 1.807) is 18.7 Å². The minimum atomic E-state index is -0.111. The lowest BCUT2D eigenvalue weighted by molar-refractivity contribution is 0.0949. The van der Waals surface area contributed by atoms with Crippen molar-refractivity contribution in [3.63, 3.8) is 0 Å². The number of para-hydroxylation sites is 1. The van der Waals surface area contributed by atoms with Gasteiger partial charge in [0.1, 0.15) is 5.76 Å². The normalized spacial score (nSPS) is 11.1. The van der Waals surface area contributed by atoms with Gasteiger partial charge in [0.25, 0.3) is 5.91 Å². The van der Waals surface area contributed by atoms with Gasteiger partial charge < -0.3 is 9.73 Å². The summed E-state index contributed by atoms with van der Waals surface area (Å²) in [7, 11) is 0. The number of pyridine rings is 2. The fourth-order valence-electron chi connectivity index (χ4n) is 4.27. The van der Waals surface area contributed by atoms with Crippen LogP contribution in [0, 0.1) is 0 Å². The second-order valence-electron chi connectivity index (χ2n) is 8.66. The van der Waals surface area contributed by atoms with Crippen LogP contribution in [-0.2, 0) is 13.0 Å². The van der Waals surface area contributed by atoms with E-state index in [-0.39, 0.29) is 5.91 Å². The SMILES string of the molecule is O=C(NCCN(CCc1ccccc1)Cc1ccco1)c1cc(-c2cccnc2)nc2ccccc12. The van der Waals surface area contributed by atoms with Crippen LogP contribution in [0.5, 0.6) is 0 Å².